The van der Waals surface area contributed by atoms with Gasteiger partial charge < -0.3 is 14.0 Å². The first-order valence-electron chi connectivity index (χ1n) is 24.0. The first-order chi connectivity index (χ1) is 32.3. The van der Waals surface area contributed by atoms with Crippen LogP contribution in [0.5, 0.6) is 0 Å². The van der Waals surface area contributed by atoms with Gasteiger partial charge >= 0.3 is 0 Å². The van der Waals surface area contributed by atoms with Crippen LogP contribution in [0.25, 0.3) is 93.6 Å². The topological polar surface area (TPSA) is 43.9 Å². The van der Waals surface area contributed by atoms with E-state index in [0.717, 1.165) is 43.7 Å². The minimum absolute atomic E-state index is 0. The molecular formula is C52H37IrN3O-2. The van der Waals surface area contributed by atoms with Gasteiger partial charge in [-0.25, -0.2) is 0 Å². The Morgan fingerprint density at radius 2 is 1.32 bits per heavy atom. The molecule has 11 rings (SSSR count). The summed E-state index contributed by atoms with van der Waals surface area (Å²) in [6.45, 7) is -9.44. The van der Waals surface area contributed by atoms with E-state index in [-0.39, 0.29) is 47.9 Å². The average Bonchev–Trinajstić information content (AvgIpc) is 3.89. The number of nitrogens with zero attached hydrogens (tertiary/aromatic N) is 3. The smallest absolute Gasteiger partial charge is 0.123 e. The predicted octanol–water partition coefficient (Wildman–Crippen LogP) is 13.6. The fourth-order valence-corrected chi connectivity index (χ4v) is 7.71. The van der Waals surface area contributed by atoms with Crippen LogP contribution in [0.4, 0.5) is 0 Å². The third-order valence-corrected chi connectivity index (χ3v) is 10.2. The van der Waals surface area contributed by atoms with Crippen molar-refractivity contribution in [1.29, 1.82) is 0 Å². The standard InChI is InChI=1S/C39H25N2O.C13H12N.Ir/c1-23-21-24(2)37-32(22-23)30-16-9-17-31(38(30)42-37)39-40-33-18-7-8-19-34(33)41(39)35-20-10-15-29-27-12-4-3-11-25(27)26-13-5-6-14-28(26)36(29)35;1-10-3-6-12(7-4-10)13-8-5-11(2)9-14-13;/h3-16,18-22H,1-2H3;3-6,8-9H,1-2H3;/q2*-1;/i2*1D3,2D3;. The van der Waals surface area contributed by atoms with E-state index in [1.807, 2.05) is 24.3 Å². The Morgan fingerprint density at radius 3 is 2.04 bits per heavy atom. The summed E-state index contributed by atoms with van der Waals surface area (Å²) in [6, 6.07) is 51.1. The third-order valence-electron chi connectivity index (χ3n) is 10.2. The van der Waals surface area contributed by atoms with E-state index in [1.54, 1.807) is 24.3 Å². The second-order valence-electron chi connectivity index (χ2n) is 13.6. The fraction of sp³-hybridized carbons (Fsp3) is 0.0769. The van der Waals surface area contributed by atoms with Gasteiger partial charge in [0.15, 0.2) is 0 Å². The molecule has 5 heteroatoms. The second kappa shape index (κ2) is 14.6. The van der Waals surface area contributed by atoms with Gasteiger partial charge in [0.1, 0.15) is 5.58 Å². The van der Waals surface area contributed by atoms with E-state index in [1.165, 1.54) is 41.9 Å². The van der Waals surface area contributed by atoms with Crippen LogP contribution in [-0.4, -0.2) is 14.5 Å². The molecule has 0 fully saturated rings. The molecule has 0 amide bonds. The van der Waals surface area contributed by atoms with Gasteiger partial charge in [-0.3, -0.25) is 4.98 Å². The van der Waals surface area contributed by atoms with Crippen LogP contribution >= 0.6 is 0 Å². The van der Waals surface area contributed by atoms with Gasteiger partial charge in [0, 0.05) is 59.2 Å². The molecule has 0 aliphatic heterocycles. The number of fused-ring (bicyclic) bond motifs is 10. The Bertz CT molecular complexity index is 3640. The van der Waals surface area contributed by atoms with Gasteiger partial charge in [-0.15, -0.1) is 53.6 Å². The molecule has 0 aliphatic carbocycles. The SMILES string of the molecule is [2H]C([2H])([2H])c1c[c-]c(-c2ccc(C([2H])([2H])[2H])cn2)cc1.[2H]C([2H])([2H])c1cc(C([2H])([2H])[2H])c2oc3c(-c4nc5ccccc5n4-c4cccc5c6ccccc6c6ccccc6c45)[c-]ccc3c2c1.[Ir]. The van der Waals surface area contributed by atoms with Crippen LogP contribution < -0.4 is 0 Å². The molecule has 0 spiro atoms. The normalized spacial score (nSPS) is 15.4. The number of pyridine rings is 1. The molecule has 0 N–H and O–H groups in total. The molecule has 4 nitrogen and oxygen atoms in total. The second-order valence-corrected chi connectivity index (χ2v) is 13.6. The van der Waals surface area contributed by atoms with Crippen LogP contribution in [0.3, 0.4) is 0 Å². The van der Waals surface area contributed by atoms with Crippen molar-refractivity contribution in [2.45, 2.75) is 27.4 Å². The van der Waals surface area contributed by atoms with Crippen molar-refractivity contribution in [3.05, 3.63) is 186 Å². The molecule has 57 heavy (non-hydrogen) atoms. The molecule has 0 unspecified atom stereocenters. The summed E-state index contributed by atoms with van der Waals surface area (Å²) >= 11 is 0. The first kappa shape index (κ1) is 25.0. The minimum Gasteiger partial charge on any atom is -0.500 e. The van der Waals surface area contributed by atoms with E-state index in [0.29, 0.717) is 39.0 Å². The molecule has 0 saturated carbocycles. The van der Waals surface area contributed by atoms with Gasteiger partial charge in [0.25, 0.3) is 0 Å². The number of benzene rings is 8. The number of imidazole rings is 1. The zero-order valence-corrected chi connectivity index (χ0v) is 32.4. The van der Waals surface area contributed by atoms with Crippen molar-refractivity contribution in [2.24, 2.45) is 0 Å². The Balaban J connectivity index is 0.000000238. The zero-order chi connectivity index (χ0) is 47.9. The zero-order valence-electron chi connectivity index (χ0n) is 42.0. The van der Waals surface area contributed by atoms with Gasteiger partial charge in [-0.1, -0.05) is 114 Å². The van der Waals surface area contributed by atoms with Gasteiger partial charge in [-0.2, -0.15) is 0 Å². The molecule has 8 aromatic carbocycles. The molecule has 0 atom stereocenters. The molecule has 0 aliphatic rings. The van der Waals surface area contributed by atoms with E-state index in [2.05, 4.69) is 88.4 Å². The molecule has 3 heterocycles. The molecule has 277 valence electrons. The Morgan fingerprint density at radius 1 is 0.596 bits per heavy atom. The van der Waals surface area contributed by atoms with Crippen LogP contribution in [0.15, 0.2) is 156 Å². The number of rotatable bonds is 3. The summed E-state index contributed by atoms with van der Waals surface area (Å²) in [5.41, 5.74) is 4.97. The van der Waals surface area contributed by atoms with E-state index in [9.17, 15) is 0 Å². The molecule has 0 saturated heterocycles. The number of hydrogen-bond donors (Lipinski definition) is 0. The summed E-state index contributed by atoms with van der Waals surface area (Å²) in [7, 11) is 0. The monoisotopic (exact) mass is 924 g/mol. The maximum Gasteiger partial charge on any atom is 0.123 e. The van der Waals surface area contributed by atoms with Gasteiger partial charge in [0.05, 0.1) is 22.4 Å². The average molecular weight is 924 g/mol. The van der Waals surface area contributed by atoms with Crippen LogP contribution in [0.1, 0.15) is 38.7 Å². The molecule has 3 aromatic heterocycles. The summed E-state index contributed by atoms with van der Waals surface area (Å²) in [4.78, 5) is 9.20. The summed E-state index contributed by atoms with van der Waals surface area (Å²) in [5, 5.41) is 7.76. The predicted molar refractivity (Wildman–Crippen MR) is 233 cm³/mol. The van der Waals surface area contributed by atoms with Crippen molar-refractivity contribution >= 4 is 65.3 Å². The number of aryl methyl sites for hydroxylation is 4. The summed E-state index contributed by atoms with van der Waals surface area (Å²) in [5.74, 6) is 0.567. The van der Waals surface area contributed by atoms with Crippen LogP contribution in [0, 0.1) is 39.5 Å². The van der Waals surface area contributed by atoms with Crippen molar-refractivity contribution in [3.63, 3.8) is 0 Å². The van der Waals surface area contributed by atoms with E-state index in [4.69, 9.17) is 25.9 Å². The van der Waals surface area contributed by atoms with Crippen molar-refractivity contribution in [1.82, 2.24) is 14.5 Å². The number of furan rings is 1. The maximum atomic E-state index is 8.23. The quantitative estimate of drug-likeness (QED) is 0.131. The number of aromatic nitrogens is 3. The van der Waals surface area contributed by atoms with Crippen molar-refractivity contribution in [3.8, 4) is 28.3 Å². The Hall–Kier alpha value is -6.39. The summed E-state index contributed by atoms with van der Waals surface area (Å²) in [6.07, 6.45) is 1.30. The van der Waals surface area contributed by atoms with Crippen molar-refractivity contribution < 1.29 is 41.0 Å². The van der Waals surface area contributed by atoms with E-state index < -0.39 is 27.4 Å². The summed E-state index contributed by atoms with van der Waals surface area (Å²) < 4.78 is 101. The van der Waals surface area contributed by atoms with Gasteiger partial charge in [0.2, 0.25) is 0 Å². The molecule has 0 bridgehead atoms. The largest absolute Gasteiger partial charge is 0.500 e. The Kier molecular flexibility index (Phi) is 6.40. The number of para-hydroxylation sites is 2. The third kappa shape index (κ3) is 6.21. The van der Waals surface area contributed by atoms with Gasteiger partial charge in [-0.05, 0) is 88.6 Å². The van der Waals surface area contributed by atoms with Crippen molar-refractivity contribution in [2.75, 3.05) is 0 Å². The fourth-order valence-electron chi connectivity index (χ4n) is 7.71. The minimum atomic E-state index is -2.60. The van der Waals surface area contributed by atoms with Crippen LogP contribution in [-0.2, 0) is 20.1 Å². The van der Waals surface area contributed by atoms with Crippen LogP contribution in [0.2, 0.25) is 0 Å². The number of hydrogen-bond acceptors (Lipinski definition) is 3. The molecule has 1 radical (unpaired) electrons. The Labute approximate surface area is 361 Å². The first-order valence-corrected chi connectivity index (χ1v) is 18.0. The molecular weight excluding hydrogens is 875 g/mol. The van der Waals surface area contributed by atoms with E-state index >= 15 is 0 Å². The maximum absolute atomic E-state index is 8.23. The molecule has 11 aromatic rings.